The zero-order valence-electron chi connectivity index (χ0n) is 21.5. The van der Waals surface area contributed by atoms with Gasteiger partial charge in [-0.15, -0.1) is 0 Å². The van der Waals surface area contributed by atoms with Crippen LogP contribution in [-0.2, 0) is 29.1 Å². The Morgan fingerprint density at radius 1 is 1.15 bits per heavy atom. The number of aromatic nitrogens is 2. The Bertz CT molecular complexity index is 1690. The van der Waals surface area contributed by atoms with Crippen LogP contribution in [0, 0.1) is 0 Å². The first kappa shape index (κ1) is 31.4. The van der Waals surface area contributed by atoms with Crippen LogP contribution in [0.3, 0.4) is 0 Å². The van der Waals surface area contributed by atoms with E-state index in [0.717, 1.165) is 0 Å². The molecule has 0 spiro atoms. The summed E-state index contributed by atoms with van der Waals surface area (Å²) in [6.07, 6.45) is -7.07. The van der Waals surface area contributed by atoms with Crippen LogP contribution in [0.1, 0.15) is 30.0 Å². The van der Waals surface area contributed by atoms with Gasteiger partial charge in [0.05, 0.1) is 45.2 Å². The van der Waals surface area contributed by atoms with Crippen LogP contribution in [-0.4, -0.2) is 60.7 Å². The predicted molar refractivity (Wildman–Crippen MR) is 145 cm³/mol. The Kier molecular flexibility index (Phi) is 9.19. The normalized spacial score (nSPS) is 16.8. The van der Waals surface area contributed by atoms with Gasteiger partial charge in [0.25, 0.3) is 12.0 Å². The minimum Gasteiger partial charge on any atom is -0.307 e. The monoisotopic (exact) mass is 642 g/mol. The molecule has 41 heavy (non-hydrogen) atoms. The zero-order chi connectivity index (χ0) is 30.3. The predicted octanol–water partition coefficient (Wildman–Crippen LogP) is 4.29. The molecule has 2 aromatic carbocycles. The fourth-order valence-electron chi connectivity index (χ4n) is 4.87. The molecule has 0 radical (unpaired) electrons. The Morgan fingerprint density at radius 2 is 1.85 bits per heavy atom. The molecular formula is C25H25Cl2F5N4O4S. The largest absolute Gasteiger partial charge is 0.416 e. The van der Waals surface area contributed by atoms with Crippen LogP contribution in [0.2, 0.25) is 10.0 Å². The molecule has 16 heteroatoms. The number of likely N-dealkylation sites (tertiary alicyclic amines) is 1. The molecule has 2 heterocycles. The van der Waals surface area contributed by atoms with Crippen molar-refractivity contribution in [1.29, 1.82) is 0 Å². The van der Waals surface area contributed by atoms with Gasteiger partial charge >= 0.3 is 11.9 Å². The topological polar surface area (TPSA) is 104 Å². The third-order valence-electron chi connectivity index (χ3n) is 6.91. The molecule has 1 aliphatic rings. The summed E-state index contributed by atoms with van der Waals surface area (Å²) in [5.41, 5.74) is -3.99. The van der Waals surface area contributed by atoms with E-state index >= 15 is 0 Å². The van der Waals surface area contributed by atoms with Crippen molar-refractivity contribution in [2.75, 3.05) is 25.4 Å². The fraction of sp³-hybridized carbons (Fsp3) is 0.440. The highest BCUT2D eigenvalue weighted by Gasteiger charge is 2.37. The van der Waals surface area contributed by atoms with Gasteiger partial charge in [0.1, 0.15) is 0 Å². The first-order valence-electron chi connectivity index (χ1n) is 12.4. The van der Waals surface area contributed by atoms with Gasteiger partial charge in [-0.2, -0.15) is 13.2 Å². The number of hydrogen-bond acceptors (Lipinski definition) is 6. The second-order valence-corrected chi connectivity index (χ2v) is 12.7. The van der Waals surface area contributed by atoms with Crippen LogP contribution in [0.4, 0.5) is 22.0 Å². The van der Waals surface area contributed by atoms with E-state index in [1.165, 1.54) is 25.1 Å². The number of hydrogen-bond donors (Lipinski definition) is 2. The Hall–Kier alpha value is -2.52. The number of nitrogens with one attached hydrogen (secondary N) is 2. The van der Waals surface area contributed by atoms with Gasteiger partial charge in [0.2, 0.25) is 0 Å². The van der Waals surface area contributed by atoms with Crippen molar-refractivity contribution in [3.63, 3.8) is 0 Å². The molecule has 2 N–H and O–H groups in total. The van der Waals surface area contributed by atoms with E-state index < -0.39 is 62.7 Å². The highest BCUT2D eigenvalue weighted by atomic mass is 35.5. The maximum absolute atomic E-state index is 14.2. The molecule has 1 atom stereocenters. The second-order valence-electron chi connectivity index (χ2n) is 9.63. The molecule has 0 aliphatic carbocycles. The minimum atomic E-state index is -4.93. The van der Waals surface area contributed by atoms with Crippen LogP contribution < -0.4 is 16.6 Å². The van der Waals surface area contributed by atoms with E-state index in [-0.39, 0.29) is 51.4 Å². The molecule has 224 valence electrons. The van der Waals surface area contributed by atoms with E-state index in [1.54, 1.807) is 4.90 Å². The average molecular weight is 643 g/mol. The number of rotatable bonds is 9. The van der Waals surface area contributed by atoms with Crippen molar-refractivity contribution in [2.24, 2.45) is 0 Å². The summed E-state index contributed by atoms with van der Waals surface area (Å²) in [4.78, 5) is 30.2. The summed E-state index contributed by atoms with van der Waals surface area (Å²) in [5, 5.41) is 1.79. The van der Waals surface area contributed by atoms with Crippen LogP contribution >= 0.6 is 23.2 Å². The molecule has 8 nitrogen and oxygen atoms in total. The SMILES string of the molecule is CCS(=O)(=O)c1ccc(Cl)cc1Cn1c(=O)[nH]c2c(Cl)c(CN3CCC(NCC(F)F)C3)c(C(F)(F)F)cc2c1=O. The molecule has 1 aromatic heterocycles. The van der Waals surface area contributed by atoms with Gasteiger partial charge in [0.15, 0.2) is 9.84 Å². The minimum absolute atomic E-state index is 0.00843. The highest BCUT2D eigenvalue weighted by Crippen LogP contribution is 2.39. The number of benzene rings is 2. The molecular weight excluding hydrogens is 618 g/mol. The fourth-order valence-corrected chi connectivity index (χ4v) is 6.48. The van der Waals surface area contributed by atoms with Gasteiger partial charge in [-0.05, 0) is 41.8 Å². The molecule has 1 saturated heterocycles. The number of alkyl halides is 5. The van der Waals surface area contributed by atoms with Crippen LogP contribution in [0.25, 0.3) is 10.9 Å². The molecule has 0 bridgehead atoms. The molecule has 1 unspecified atom stereocenters. The molecule has 0 saturated carbocycles. The van der Waals surface area contributed by atoms with Gasteiger partial charge in [-0.25, -0.2) is 22.0 Å². The van der Waals surface area contributed by atoms with E-state index in [0.29, 0.717) is 23.6 Å². The van der Waals surface area contributed by atoms with Crippen molar-refractivity contribution >= 4 is 43.9 Å². The first-order valence-corrected chi connectivity index (χ1v) is 14.8. The summed E-state index contributed by atoms with van der Waals surface area (Å²) in [6, 6.07) is 4.08. The van der Waals surface area contributed by atoms with Crippen LogP contribution in [0.15, 0.2) is 38.8 Å². The summed E-state index contributed by atoms with van der Waals surface area (Å²) in [5.74, 6) is -0.280. The summed E-state index contributed by atoms with van der Waals surface area (Å²) in [7, 11) is -3.80. The third-order valence-corrected chi connectivity index (χ3v) is 9.39. The molecule has 1 fully saturated rings. The van der Waals surface area contributed by atoms with Crippen molar-refractivity contribution in [3.05, 3.63) is 71.8 Å². The lowest BCUT2D eigenvalue weighted by atomic mass is 10.0. The van der Waals surface area contributed by atoms with E-state index in [4.69, 9.17) is 23.2 Å². The lowest BCUT2D eigenvalue weighted by Crippen LogP contribution is -2.36. The number of H-pyrrole nitrogens is 1. The standard InChI is InChI=1S/C25H25Cl2F5N4O4S/c1-2-41(39,40)19-4-3-14(26)7-13(19)10-36-23(37)16-8-18(25(30,31)32)17(21(27)22(16)34-24(36)38)12-35-6-5-15(11-35)33-9-20(28)29/h3-4,7-8,15,20,33H,2,5-6,9-12H2,1H3,(H,34,38). The average Bonchev–Trinajstić information content (AvgIpc) is 3.34. The van der Waals surface area contributed by atoms with Crippen molar-refractivity contribution < 1.29 is 30.4 Å². The summed E-state index contributed by atoms with van der Waals surface area (Å²) < 4.78 is 93.4. The Labute approximate surface area is 241 Å². The van der Waals surface area contributed by atoms with Gasteiger partial charge in [0, 0.05) is 30.7 Å². The molecule has 3 aromatic rings. The number of sulfone groups is 1. The molecule has 1 aliphatic heterocycles. The van der Waals surface area contributed by atoms with Crippen molar-refractivity contribution in [1.82, 2.24) is 19.8 Å². The van der Waals surface area contributed by atoms with Gasteiger partial charge in [-0.3, -0.25) is 14.3 Å². The maximum atomic E-state index is 14.2. The lowest BCUT2D eigenvalue weighted by Gasteiger charge is -2.22. The second kappa shape index (κ2) is 12.0. The Morgan fingerprint density at radius 3 is 2.49 bits per heavy atom. The van der Waals surface area contributed by atoms with Crippen LogP contribution in [0.5, 0.6) is 0 Å². The number of nitrogens with zero attached hydrogens (tertiary/aromatic N) is 2. The summed E-state index contributed by atoms with van der Waals surface area (Å²) in [6.45, 7) is 0.482. The third kappa shape index (κ3) is 6.77. The zero-order valence-corrected chi connectivity index (χ0v) is 23.8. The molecule has 0 amide bonds. The van der Waals surface area contributed by atoms with Crippen molar-refractivity contribution in [2.45, 2.75) is 50.0 Å². The lowest BCUT2D eigenvalue weighted by molar-refractivity contribution is -0.138. The highest BCUT2D eigenvalue weighted by molar-refractivity contribution is 7.91. The van der Waals surface area contributed by atoms with E-state index in [1.807, 2.05) is 0 Å². The number of fused-ring (bicyclic) bond motifs is 1. The quantitative estimate of drug-likeness (QED) is 0.338. The summed E-state index contributed by atoms with van der Waals surface area (Å²) >= 11 is 12.4. The number of aromatic amines is 1. The number of halogens is 7. The first-order chi connectivity index (χ1) is 19.1. The smallest absolute Gasteiger partial charge is 0.307 e. The van der Waals surface area contributed by atoms with E-state index in [9.17, 15) is 40.0 Å². The van der Waals surface area contributed by atoms with Gasteiger partial charge in [-0.1, -0.05) is 30.1 Å². The Balaban J connectivity index is 1.79. The van der Waals surface area contributed by atoms with Crippen molar-refractivity contribution in [3.8, 4) is 0 Å². The van der Waals surface area contributed by atoms with E-state index in [2.05, 4.69) is 10.3 Å². The maximum Gasteiger partial charge on any atom is 0.416 e. The molecule has 4 rings (SSSR count). The van der Waals surface area contributed by atoms with Gasteiger partial charge < -0.3 is 10.3 Å².